The van der Waals surface area contributed by atoms with Gasteiger partial charge in [-0.1, -0.05) is 12.1 Å². The Bertz CT molecular complexity index is 370. The Hall–Kier alpha value is -1.57. The third kappa shape index (κ3) is 5.67. The molecule has 0 saturated heterocycles. The molecule has 4 heteroatoms. The van der Waals surface area contributed by atoms with Crippen LogP contribution in [0.4, 0.5) is 0 Å². The minimum absolute atomic E-state index is 0.0889. The first-order chi connectivity index (χ1) is 8.76. The number of nitrogens with zero attached hydrogens (tertiary/aromatic N) is 1. The molecule has 1 rings (SSSR count). The maximum absolute atomic E-state index is 8.40. The highest BCUT2D eigenvalue weighted by atomic mass is 16.5. The Morgan fingerprint density at radius 1 is 1.33 bits per heavy atom. The Labute approximate surface area is 109 Å². The van der Waals surface area contributed by atoms with Crippen molar-refractivity contribution in [1.29, 1.82) is 5.26 Å². The van der Waals surface area contributed by atoms with Gasteiger partial charge in [-0.25, -0.2) is 0 Å². The van der Waals surface area contributed by atoms with E-state index in [9.17, 15) is 0 Å². The average Bonchev–Trinajstić information content (AvgIpc) is 2.41. The van der Waals surface area contributed by atoms with Gasteiger partial charge in [-0.15, -0.1) is 0 Å². The van der Waals surface area contributed by atoms with E-state index in [0.717, 1.165) is 25.3 Å². The second-order valence-corrected chi connectivity index (χ2v) is 4.15. The van der Waals surface area contributed by atoms with Crippen LogP contribution in [0.5, 0.6) is 5.75 Å². The second-order valence-electron chi connectivity index (χ2n) is 4.15. The molecule has 1 aromatic carbocycles. The van der Waals surface area contributed by atoms with Crippen LogP contribution in [0.3, 0.4) is 0 Å². The topological polar surface area (TPSA) is 54.3 Å². The SMILES string of the molecule is COCCC(C)NCc1ccc(OCC#N)cc1. The maximum Gasteiger partial charge on any atom is 0.174 e. The fourth-order valence-corrected chi connectivity index (χ4v) is 1.51. The first-order valence-corrected chi connectivity index (χ1v) is 6.07. The molecule has 0 aliphatic heterocycles. The molecule has 0 aromatic heterocycles. The van der Waals surface area contributed by atoms with Gasteiger partial charge in [0.2, 0.25) is 0 Å². The largest absolute Gasteiger partial charge is 0.479 e. The van der Waals surface area contributed by atoms with E-state index in [2.05, 4.69) is 12.2 Å². The molecule has 0 saturated carbocycles. The molecule has 0 spiro atoms. The number of rotatable bonds is 8. The Morgan fingerprint density at radius 3 is 2.67 bits per heavy atom. The van der Waals surface area contributed by atoms with E-state index in [-0.39, 0.29) is 6.61 Å². The predicted molar refractivity (Wildman–Crippen MR) is 70.3 cm³/mol. The molecular weight excluding hydrogens is 228 g/mol. The lowest BCUT2D eigenvalue weighted by molar-refractivity contribution is 0.184. The fourth-order valence-electron chi connectivity index (χ4n) is 1.51. The quantitative estimate of drug-likeness (QED) is 0.765. The summed E-state index contributed by atoms with van der Waals surface area (Å²) in [5, 5.41) is 11.8. The summed E-state index contributed by atoms with van der Waals surface area (Å²) < 4.78 is 10.2. The lowest BCUT2D eigenvalue weighted by atomic mass is 10.2. The van der Waals surface area contributed by atoms with Gasteiger partial charge in [-0.2, -0.15) is 5.26 Å². The zero-order valence-electron chi connectivity index (χ0n) is 11.0. The summed E-state index contributed by atoms with van der Waals surface area (Å²) in [5.74, 6) is 0.729. The first-order valence-electron chi connectivity index (χ1n) is 6.07. The van der Waals surface area contributed by atoms with Crippen LogP contribution in [0.15, 0.2) is 24.3 Å². The smallest absolute Gasteiger partial charge is 0.174 e. The number of methoxy groups -OCH3 is 1. The minimum atomic E-state index is 0.0889. The highest BCUT2D eigenvalue weighted by molar-refractivity contribution is 5.27. The van der Waals surface area contributed by atoms with Crippen molar-refractivity contribution in [1.82, 2.24) is 5.32 Å². The predicted octanol–water partition coefficient (Wildman–Crippen LogP) is 2.10. The summed E-state index contributed by atoms with van der Waals surface area (Å²) in [6.07, 6.45) is 1.000. The lowest BCUT2D eigenvalue weighted by Crippen LogP contribution is -2.26. The molecule has 1 atom stereocenters. The normalized spacial score (nSPS) is 11.8. The molecule has 1 unspecified atom stereocenters. The molecule has 0 amide bonds. The van der Waals surface area contributed by atoms with Gasteiger partial charge in [-0.3, -0.25) is 0 Å². The van der Waals surface area contributed by atoms with E-state index in [1.165, 1.54) is 5.56 Å². The van der Waals surface area contributed by atoms with E-state index in [4.69, 9.17) is 14.7 Å². The number of nitrogens with one attached hydrogen (secondary N) is 1. The number of hydrogen-bond donors (Lipinski definition) is 1. The summed E-state index contributed by atoms with van der Waals surface area (Å²) in [7, 11) is 1.71. The molecule has 1 N–H and O–H groups in total. The number of hydrogen-bond acceptors (Lipinski definition) is 4. The zero-order chi connectivity index (χ0) is 13.2. The van der Waals surface area contributed by atoms with Crippen LogP contribution in [0, 0.1) is 11.3 Å². The molecule has 0 aliphatic rings. The minimum Gasteiger partial charge on any atom is -0.479 e. The summed E-state index contributed by atoms with van der Waals surface area (Å²) in [4.78, 5) is 0. The summed E-state index contributed by atoms with van der Waals surface area (Å²) >= 11 is 0. The van der Waals surface area contributed by atoms with Crippen molar-refractivity contribution in [3.05, 3.63) is 29.8 Å². The van der Waals surface area contributed by atoms with Crippen molar-refractivity contribution < 1.29 is 9.47 Å². The average molecular weight is 248 g/mol. The van der Waals surface area contributed by atoms with Gasteiger partial charge < -0.3 is 14.8 Å². The lowest BCUT2D eigenvalue weighted by Gasteiger charge is -2.13. The standard InChI is InChI=1S/C14H20N2O2/c1-12(7-9-17-2)16-11-13-3-5-14(6-4-13)18-10-8-15/h3-6,12,16H,7,9-11H2,1-2H3. The maximum atomic E-state index is 8.40. The molecule has 98 valence electrons. The fraction of sp³-hybridized carbons (Fsp3) is 0.500. The monoisotopic (exact) mass is 248 g/mol. The first kappa shape index (κ1) is 14.5. The van der Waals surface area contributed by atoms with E-state index in [1.54, 1.807) is 7.11 Å². The number of benzene rings is 1. The molecule has 18 heavy (non-hydrogen) atoms. The van der Waals surface area contributed by atoms with Crippen LogP contribution in [-0.4, -0.2) is 26.4 Å². The van der Waals surface area contributed by atoms with Gasteiger partial charge in [0, 0.05) is 26.3 Å². The van der Waals surface area contributed by atoms with Gasteiger partial charge in [0.25, 0.3) is 0 Å². The summed E-state index contributed by atoms with van der Waals surface area (Å²) in [5.41, 5.74) is 1.20. The van der Waals surface area contributed by atoms with Crippen LogP contribution >= 0.6 is 0 Å². The van der Waals surface area contributed by atoms with Crippen LogP contribution in [-0.2, 0) is 11.3 Å². The molecule has 0 radical (unpaired) electrons. The van der Waals surface area contributed by atoms with Gasteiger partial charge in [0.15, 0.2) is 6.61 Å². The van der Waals surface area contributed by atoms with Crippen LogP contribution in [0.2, 0.25) is 0 Å². The van der Waals surface area contributed by atoms with Gasteiger partial charge in [0.1, 0.15) is 11.8 Å². The Kier molecular flexibility index (Phi) is 6.85. The number of nitriles is 1. The van der Waals surface area contributed by atoms with E-state index in [0.29, 0.717) is 6.04 Å². The molecule has 0 heterocycles. The van der Waals surface area contributed by atoms with Crippen molar-refractivity contribution in [2.45, 2.75) is 25.9 Å². The highest BCUT2D eigenvalue weighted by Crippen LogP contribution is 2.12. The van der Waals surface area contributed by atoms with Gasteiger partial charge >= 0.3 is 0 Å². The van der Waals surface area contributed by atoms with Gasteiger partial charge in [0.05, 0.1) is 0 Å². The molecule has 4 nitrogen and oxygen atoms in total. The van der Waals surface area contributed by atoms with E-state index >= 15 is 0 Å². The van der Waals surface area contributed by atoms with E-state index < -0.39 is 0 Å². The van der Waals surface area contributed by atoms with Crippen molar-refractivity contribution in [2.24, 2.45) is 0 Å². The third-order valence-corrected chi connectivity index (χ3v) is 2.64. The zero-order valence-corrected chi connectivity index (χ0v) is 11.0. The van der Waals surface area contributed by atoms with Crippen molar-refractivity contribution in [2.75, 3.05) is 20.3 Å². The Balaban J connectivity index is 2.32. The highest BCUT2D eigenvalue weighted by Gasteiger charge is 2.01. The van der Waals surface area contributed by atoms with Crippen LogP contribution in [0.1, 0.15) is 18.9 Å². The third-order valence-electron chi connectivity index (χ3n) is 2.64. The van der Waals surface area contributed by atoms with Crippen LogP contribution in [0.25, 0.3) is 0 Å². The Morgan fingerprint density at radius 2 is 2.06 bits per heavy atom. The number of ether oxygens (including phenoxy) is 2. The van der Waals surface area contributed by atoms with Crippen LogP contribution < -0.4 is 10.1 Å². The second kappa shape index (κ2) is 8.51. The van der Waals surface area contributed by atoms with Crippen molar-refractivity contribution in [3.8, 4) is 11.8 Å². The molecule has 0 aliphatic carbocycles. The van der Waals surface area contributed by atoms with E-state index in [1.807, 2.05) is 30.3 Å². The molecule has 1 aromatic rings. The van der Waals surface area contributed by atoms with Crippen molar-refractivity contribution >= 4 is 0 Å². The molecular formula is C14H20N2O2. The summed E-state index contributed by atoms with van der Waals surface area (Å²) in [6.45, 7) is 3.83. The molecule has 0 bridgehead atoms. The van der Waals surface area contributed by atoms with Gasteiger partial charge in [-0.05, 0) is 31.0 Å². The summed E-state index contributed by atoms with van der Waals surface area (Å²) in [6, 6.07) is 10.1. The van der Waals surface area contributed by atoms with Crippen molar-refractivity contribution in [3.63, 3.8) is 0 Å². The molecule has 0 fully saturated rings.